The largest absolute Gasteiger partial charge is 0.481 e. The lowest BCUT2D eigenvalue weighted by Gasteiger charge is -2.19. The summed E-state index contributed by atoms with van der Waals surface area (Å²) >= 11 is 0. The SMILES string of the molecule is NC(N)=Nc1cccc(C(CP(=O)(OO)OCc2ccccc2)C(=O)O)c1. The molecule has 2 aromatic carbocycles. The Bertz CT molecular complexity index is 855. The summed E-state index contributed by atoms with van der Waals surface area (Å²) in [6.45, 7) is -0.112. The van der Waals surface area contributed by atoms with Crippen LogP contribution in [0.4, 0.5) is 5.69 Å². The molecule has 0 heterocycles. The summed E-state index contributed by atoms with van der Waals surface area (Å²) in [5, 5.41) is 18.6. The average Bonchev–Trinajstić information content (AvgIpc) is 2.65. The Hall–Kier alpha value is -2.71. The standard InChI is InChI=1S/C17H20N3O6P/c18-17(19)20-14-8-4-7-13(9-14)15(16(21)22)11-27(24,26-23)25-10-12-5-2-1-3-6-12/h1-9,15,23H,10-11H2,(H,21,22)(H4,18,19,20). The Balaban J connectivity index is 2.21. The number of nitrogens with two attached hydrogens (primary N) is 2. The van der Waals surface area contributed by atoms with Crippen molar-refractivity contribution in [2.45, 2.75) is 12.5 Å². The highest BCUT2D eigenvalue weighted by Crippen LogP contribution is 2.51. The van der Waals surface area contributed by atoms with Crippen molar-refractivity contribution in [3.63, 3.8) is 0 Å². The molecule has 0 saturated carbocycles. The average molecular weight is 393 g/mol. The molecule has 0 aliphatic heterocycles. The van der Waals surface area contributed by atoms with Gasteiger partial charge in [-0.2, -0.15) is 4.67 Å². The summed E-state index contributed by atoms with van der Waals surface area (Å²) in [6, 6.07) is 14.9. The number of aliphatic imine (C=N–C) groups is 1. The fourth-order valence-corrected chi connectivity index (χ4v) is 3.75. The third kappa shape index (κ3) is 6.19. The van der Waals surface area contributed by atoms with Crippen LogP contribution in [0.3, 0.4) is 0 Å². The van der Waals surface area contributed by atoms with Crippen LogP contribution < -0.4 is 11.5 Å². The van der Waals surface area contributed by atoms with Gasteiger partial charge in [0.1, 0.15) is 0 Å². The fraction of sp³-hybridized carbons (Fsp3) is 0.176. The predicted molar refractivity (Wildman–Crippen MR) is 99.7 cm³/mol. The van der Waals surface area contributed by atoms with Gasteiger partial charge in [-0.15, -0.1) is 0 Å². The molecule has 27 heavy (non-hydrogen) atoms. The molecule has 9 nitrogen and oxygen atoms in total. The molecule has 2 unspecified atom stereocenters. The lowest BCUT2D eigenvalue weighted by Crippen LogP contribution is -2.22. The van der Waals surface area contributed by atoms with Crippen molar-refractivity contribution in [2.75, 3.05) is 6.16 Å². The van der Waals surface area contributed by atoms with Crippen LogP contribution in [0.5, 0.6) is 0 Å². The Morgan fingerprint density at radius 1 is 1.15 bits per heavy atom. The molecule has 2 rings (SSSR count). The Labute approximate surface area is 155 Å². The highest BCUT2D eigenvalue weighted by Gasteiger charge is 2.34. The number of aliphatic carboxylic acids is 1. The number of carboxylic acid groups (broad SMARTS) is 1. The minimum Gasteiger partial charge on any atom is -0.481 e. The Morgan fingerprint density at radius 3 is 2.44 bits per heavy atom. The highest BCUT2D eigenvalue weighted by molar-refractivity contribution is 7.53. The molecule has 2 atom stereocenters. The highest BCUT2D eigenvalue weighted by atomic mass is 31.2. The number of guanidine groups is 1. The van der Waals surface area contributed by atoms with Gasteiger partial charge in [0.05, 0.1) is 24.4 Å². The van der Waals surface area contributed by atoms with E-state index < -0.39 is 25.6 Å². The topological polar surface area (TPSA) is 157 Å². The van der Waals surface area contributed by atoms with E-state index in [0.29, 0.717) is 11.3 Å². The maximum atomic E-state index is 12.7. The molecule has 0 spiro atoms. The van der Waals surface area contributed by atoms with Crippen LogP contribution in [0.15, 0.2) is 59.6 Å². The van der Waals surface area contributed by atoms with Crippen molar-refractivity contribution in [1.29, 1.82) is 0 Å². The molecule has 0 bridgehead atoms. The van der Waals surface area contributed by atoms with Gasteiger partial charge in [-0.25, -0.2) is 10.2 Å². The van der Waals surface area contributed by atoms with Gasteiger partial charge < -0.3 is 21.1 Å². The van der Waals surface area contributed by atoms with Crippen molar-refractivity contribution < 1.29 is 28.9 Å². The van der Waals surface area contributed by atoms with Gasteiger partial charge in [0.25, 0.3) is 0 Å². The van der Waals surface area contributed by atoms with E-state index in [1.165, 1.54) is 12.1 Å². The number of hydrogen-bond acceptors (Lipinski definition) is 6. The molecule has 0 amide bonds. The van der Waals surface area contributed by atoms with E-state index in [0.717, 1.165) is 0 Å². The van der Waals surface area contributed by atoms with E-state index in [2.05, 4.69) is 9.67 Å². The van der Waals surface area contributed by atoms with Gasteiger partial charge in [0.15, 0.2) is 5.96 Å². The summed E-state index contributed by atoms with van der Waals surface area (Å²) < 4.78 is 22.0. The molecular formula is C17H20N3O6P. The number of rotatable bonds is 9. The van der Waals surface area contributed by atoms with Crippen molar-refractivity contribution in [2.24, 2.45) is 16.5 Å². The second-order valence-electron chi connectivity index (χ2n) is 5.66. The van der Waals surface area contributed by atoms with E-state index >= 15 is 0 Å². The third-order valence-electron chi connectivity index (χ3n) is 3.63. The molecule has 2 aromatic rings. The van der Waals surface area contributed by atoms with Crippen LogP contribution >= 0.6 is 7.60 Å². The number of carbonyl (C=O) groups is 1. The van der Waals surface area contributed by atoms with Gasteiger partial charge in [-0.05, 0) is 23.3 Å². The van der Waals surface area contributed by atoms with Gasteiger partial charge in [0, 0.05) is 0 Å². The van der Waals surface area contributed by atoms with Crippen molar-refractivity contribution >= 4 is 25.2 Å². The first-order valence-electron chi connectivity index (χ1n) is 7.86. The maximum absolute atomic E-state index is 12.7. The summed E-state index contributed by atoms with van der Waals surface area (Å²) in [4.78, 5) is 15.6. The monoisotopic (exact) mass is 393 g/mol. The first kappa shape index (κ1) is 20.6. The van der Waals surface area contributed by atoms with Crippen molar-refractivity contribution in [3.8, 4) is 0 Å². The van der Waals surface area contributed by atoms with Crippen molar-refractivity contribution in [3.05, 3.63) is 65.7 Å². The summed E-state index contributed by atoms with van der Waals surface area (Å²) in [5.74, 6) is -2.72. The zero-order valence-corrected chi connectivity index (χ0v) is 15.2. The minimum atomic E-state index is -4.09. The van der Waals surface area contributed by atoms with Crippen LogP contribution in [-0.2, 0) is 25.2 Å². The second-order valence-corrected chi connectivity index (χ2v) is 7.67. The van der Waals surface area contributed by atoms with Crippen molar-refractivity contribution in [1.82, 2.24) is 0 Å². The molecule has 0 aliphatic carbocycles. The quantitative estimate of drug-likeness (QED) is 0.166. The van der Waals surface area contributed by atoms with Gasteiger partial charge in [0.2, 0.25) is 0 Å². The first-order valence-corrected chi connectivity index (χ1v) is 9.59. The molecule has 0 fully saturated rings. The number of nitrogens with zero attached hydrogens (tertiary/aromatic N) is 1. The molecule has 0 aliphatic rings. The van der Waals surface area contributed by atoms with E-state index in [9.17, 15) is 14.5 Å². The summed E-state index contributed by atoms with van der Waals surface area (Å²) in [6.07, 6.45) is -0.572. The molecule has 6 N–H and O–H groups in total. The second kappa shape index (κ2) is 9.29. The predicted octanol–water partition coefficient (Wildman–Crippen LogP) is 2.66. The lowest BCUT2D eigenvalue weighted by molar-refractivity contribution is -0.151. The van der Waals surface area contributed by atoms with E-state index in [1.807, 2.05) is 0 Å². The minimum absolute atomic E-state index is 0.112. The van der Waals surface area contributed by atoms with Crippen LogP contribution in [0.2, 0.25) is 0 Å². The molecule has 0 saturated heterocycles. The van der Waals surface area contributed by atoms with Gasteiger partial charge >= 0.3 is 13.6 Å². The fourth-order valence-electron chi connectivity index (χ4n) is 2.37. The molecule has 144 valence electrons. The van der Waals surface area contributed by atoms with Crippen LogP contribution in [0, 0.1) is 0 Å². The molecule has 0 aromatic heterocycles. The van der Waals surface area contributed by atoms with E-state index in [4.69, 9.17) is 21.2 Å². The van der Waals surface area contributed by atoms with E-state index in [-0.39, 0.29) is 18.1 Å². The zero-order chi connectivity index (χ0) is 19.9. The van der Waals surface area contributed by atoms with Crippen LogP contribution in [-0.4, -0.2) is 28.5 Å². The molecule has 10 heteroatoms. The lowest BCUT2D eigenvalue weighted by atomic mass is 10.0. The zero-order valence-electron chi connectivity index (χ0n) is 14.3. The van der Waals surface area contributed by atoms with E-state index in [1.54, 1.807) is 42.5 Å². The summed E-state index contributed by atoms with van der Waals surface area (Å²) in [5.41, 5.74) is 12.0. The van der Waals surface area contributed by atoms with Gasteiger partial charge in [-0.3, -0.25) is 9.36 Å². The molecular weight excluding hydrogens is 373 g/mol. The Kier molecular flexibility index (Phi) is 7.09. The maximum Gasteiger partial charge on any atom is 0.359 e. The number of benzene rings is 2. The van der Waals surface area contributed by atoms with Crippen LogP contribution in [0.25, 0.3) is 0 Å². The smallest absolute Gasteiger partial charge is 0.359 e. The molecule has 0 radical (unpaired) electrons. The van der Waals surface area contributed by atoms with Gasteiger partial charge in [-0.1, -0.05) is 42.5 Å². The summed E-state index contributed by atoms with van der Waals surface area (Å²) in [7, 11) is -4.09. The Morgan fingerprint density at radius 2 is 1.85 bits per heavy atom. The number of hydrogen-bond donors (Lipinski definition) is 4. The normalized spacial score (nSPS) is 14.1. The third-order valence-corrected chi connectivity index (χ3v) is 5.21. The van der Waals surface area contributed by atoms with Crippen LogP contribution in [0.1, 0.15) is 17.0 Å². The first-order chi connectivity index (χ1) is 12.8. The number of carboxylic acids is 1.